The Hall–Kier alpha value is -1.87. The summed E-state index contributed by atoms with van der Waals surface area (Å²) in [6.07, 6.45) is 1.62. The Labute approximate surface area is 97.9 Å². The summed E-state index contributed by atoms with van der Waals surface area (Å²) >= 11 is 5.79. The first-order chi connectivity index (χ1) is 7.68. The standard InChI is InChI=1S/C12H9ClN2O/c13-9-5-3-8(4-6-9)11-10(12(14)16)2-1-7-15-11/h1-7H,(H2,14,16). The number of benzene rings is 1. The highest BCUT2D eigenvalue weighted by atomic mass is 35.5. The molecule has 0 aliphatic heterocycles. The summed E-state index contributed by atoms with van der Waals surface area (Å²) in [6.45, 7) is 0. The van der Waals surface area contributed by atoms with Crippen molar-refractivity contribution in [2.75, 3.05) is 0 Å². The molecule has 1 amide bonds. The number of rotatable bonds is 2. The van der Waals surface area contributed by atoms with Crippen LogP contribution < -0.4 is 5.73 Å². The first kappa shape index (κ1) is 10.6. The lowest BCUT2D eigenvalue weighted by molar-refractivity contribution is 0.100. The van der Waals surface area contributed by atoms with E-state index in [2.05, 4.69) is 4.98 Å². The average Bonchev–Trinajstić information content (AvgIpc) is 2.30. The van der Waals surface area contributed by atoms with Gasteiger partial charge in [-0.2, -0.15) is 0 Å². The number of halogens is 1. The van der Waals surface area contributed by atoms with Crippen LogP contribution >= 0.6 is 11.6 Å². The molecule has 2 N–H and O–H groups in total. The number of aromatic nitrogens is 1. The lowest BCUT2D eigenvalue weighted by Gasteiger charge is -2.05. The minimum atomic E-state index is -0.488. The van der Waals surface area contributed by atoms with Gasteiger partial charge >= 0.3 is 0 Å². The number of pyridine rings is 1. The van der Waals surface area contributed by atoms with Gasteiger partial charge in [-0.3, -0.25) is 9.78 Å². The predicted molar refractivity (Wildman–Crippen MR) is 63.2 cm³/mol. The van der Waals surface area contributed by atoms with Crippen LogP contribution in [-0.4, -0.2) is 10.9 Å². The van der Waals surface area contributed by atoms with Crippen molar-refractivity contribution >= 4 is 17.5 Å². The van der Waals surface area contributed by atoms with Gasteiger partial charge in [0.05, 0.1) is 11.3 Å². The van der Waals surface area contributed by atoms with Crippen LogP contribution in [0.4, 0.5) is 0 Å². The molecule has 4 heteroatoms. The molecule has 0 fully saturated rings. The molecular formula is C12H9ClN2O. The summed E-state index contributed by atoms with van der Waals surface area (Å²) < 4.78 is 0. The normalized spacial score (nSPS) is 10.1. The highest BCUT2D eigenvalue weighted by Crippen LogP contribution is 2.22. The monoisotopic (exact) mass is 232 g/mol. The molecule has 1 aromatic carbocycles. The summed E-state index contributed by atoms with van der Waals surface area (Å²) in [5.41, 5.74) is 7.08. The zero-order valence-corrected chi connectivity index (χ0v) is 9.11. The second-order valence-corrected chi connectivity index (χ2v) is 3.71. The number of nitrogens with zero attached hydrogens (tertiary/aromatic N) is 1. The molecule has 3 nitrogen and oxygen atoms in total. The van der Waals surface area contributed by atoms with E-state index < -0.39 is 5.91 Å². The molecule has 1 aromatic heterocycles. The first-order valence-electron chi connectivity index (χ1n) is 4.69. The molecule has 0 unspecified atom stereocenters. The molecule has 0 saturated heterocycles. The second-order valence-electron chi connectivity index (χ2n) is 3.27. The van der Waals surface area contributed by atoms with Crippen molar-refractivity contribution in [1.29, 1.82) is 0 Å². The van der Waals surface area contributed by atoms with Gasteiger partial charge in [0.25, 0.3) is 5.91 Å². The predicted octanol–water partition coefficient (Wildman–Crippen LogP) is 2.50. The van der Waals surface area contributed by atoms with Crippen molar-refractivity contribution in [3.63, 3.8) is 0 Å². The number of carbonyl (C=O) groups is 1. The van der Waals surface area contributed by atoms with Gasteiger partial charge in [0.1, 0.15) is 0 Å². The number of hydrogen-bond donors (Lipinski definition) is 1. The van der Waals surface area contributed by atoms with E-state index in [-0.39, 0.29) is 0 Å². The molecule has 0 bridgehead atoms. The van der Waals surface area contributed by atoms with Gasteiger partial charge in [-0.05, 0) is 24.3 Å². The van der Waals surface area contributed by atoms with Crippen molar-refractivity contribution in [3.8, 4) is 11.3 Å². The summed E-state index contributed by atoms with van der Waals surface area (Å²) in [4.78, 5) is 15.4. The first-order valence-corrected chi connectivity index (χ1v) is 5.07. The largest absolute Gasteiger partial charge is 0.366 e. The molecular weight excluding hydrogens is 224 g/mol. The quantitative estimate of drug-likeness (QED) is 0.865. The Morgan fingerprint density at radius 2 is 1.88 bits per heavy atom. The zero-order chi connectivity index (χ0) is 11.5. The lowest BCUT2D eigenvalue weighted by Crippen LogP contribution is -2.12. The van der Waals surface area contributed by atoms with E-state index in [1.165, 1.54) is 0 Å². The van der Waals surface area contributed by atoms with Crippen LogP contribution in [0.25, 0.3) is 11.3 Å². The highest BCUT2D eigenvalue weighted by molar-refractivity contribution is 6.30. The molecule has 0 aliphatic carbocycles. The van der Waals surface area contributed by atoms with E-state index in [1.54, 1.807) is 42.6 Å². The third-order valence-corrected chi connectivity index (χ3v) is 2.44. The molecule has 0 saturated carbocycles. The Kier molecular flexibility index (Phi) is 2.88. The molecule has 0 spiro atoms. The topological polar surface area (TPSA) is 56.0 Å². The van der Waals surface area contributed by atoms with E-state index in [4.69, 9.17) is 17.3 Å². The average molecular weight is 233 g/mol. The van der Waals surface area contributed by atoms with E-state index in [0.29, 0.717) is 16.3 Å². The summed E-state index contributed by atoms with van der Waals surface area (Å²) in [5.74, 6) is -0.488. The van der Waals surface area contributed by atoms with Crippen molar-refractivity contribution in [2.45, 2.75) is 0 Å². The van der Waals surface area contributed by atoms with Gasteiger partial charge in [-0.25, -0.2) is 0 Å². The molecule has 16 heavy (non-hydrogen) atoms. The van der Waals surface area contributed by atoms with E-state index >= 15 is 0 Å². The summed E-state index contributed by atoms with van der Waals surface area (Å²) in [7, 11) is 0. The van der Waals surface area contributed by atoms with E-state index in [9.17, 15) is 4.79 Å². The fourth-order valence-corrected chi connectivity index (χ4v) is 1.57. The molecule has 0 radical (unpaired) electrons. The SMILES string of the molecule is NC(=O)c1cccnc1-c1ccc(Cl)cc1. The third kappa shape index (κ3) is 2.04. The number of nitrogens with two attached hydrogens (primary N) is 1. The van der Waals surface area contributed by atoms with Crippen LogP contribution in [0.2, 0.25) is 5.02 Å². The molecule has 1 heterocycles. The second kappa shape index (κ2) is 4.33. The minimum Gasteiger partial charge on any atom is -0.366 e. The van der Waals surface area contributed by atoms with Gasteiger partial charge in [0, 0.05) is 16.8 Å². The number of carbonyl (C=O) groups excluding carboxylic acids is 1. The molecule has 2 rings (SSSR count). The third-order valence-electron chi connectivity index (χ3n) is 2.19. The van der Waals surface area contributed by atoms with Crippen LogP contribution in [0.3, 0.4) is 0 Å². The van der Waals surface area contributed by atoms with E-state index in [0.717, 1.165) is 5.56 Å². The Morgan fingerprint density at radius 1 is 1.19 bits per heavy atom. The van der Waals surface area contributed by atoms with Gasteiger partial charge in [0.15, 0.2) is 0 Å². The summed E-state index contributed by atoms with van der Waals surface area (Å²) in [5, 5.41) is 0.639. The zero-order valence-electron chi connectivity index (χ0n) is 8.35. The number of primary amides is 1. The Morgan fingerprint density at radius 3 is 2.50 bits per heavy atom. The summed E-state index contributed by atoms with van der Waals surface area (Å²) in [6, 6.07) is 10.4. The number of hydrogen-bond acceptors (Lipinski definition) is 2. The fraction of sp³-hybridized carbons (Fsp3) is 0. The number of amides is 1. The van der Waals surface area contributed by atoms with Crippen LogP contribution in [0.1, 0.15) is 10.4 Å². The van der Waals surface area contributed by atoms with Crippen molar-refractivity contribution in [3.05, 3.63) is 53.2 Å². The Bertz CT molecular complexity index is 523. The van der Waals surface area contributed by atoms with Crippen LogP contribution in [-0.2, 0) is 0 Å². The van der Waals surface area contributed by atoms with E-state index in [1.807, 2.05) is 0 Å². The Balaban J connectivity index is 2.55. The van der Waals surface area contributed by atoms with Crippen LogP contribution in [0.5, 0.6) is 0 Å². The molecule has 80 valence electrons. The van der Waals surface area contributed by atoms with Gasteiger partial charge < -0.3 is 5.73 Å². The van der Waals surface area contributed by atoms with Crippen molar-refractivity contribution < 1.29 is 4.79 Å². The fourth-order valence-electron chi connectivity index (χ4n) is 1.44. The maximum Gasteiger partial charge on any atom is 0.250 e. The maximum absolute atomic E-state index is 11.2. The van der Waals surface area contributed by atoms with Crippen LogP contribution in [0, 0.1) is 0 Å². The van der Waals surface area contributed by atoms with Crippen molar-refractivity contribution in [2.24, 2.45) is 5.73 Å². The lowest BCUT2D eigenvalue weighted by atomic mass is 10.1. The molecule has 2 aromatic rings. The van der Waals surface area contributed by atoms with Crippen LogP contribution in [0.15, 0.2) is 42.6 Å². The van der Waals surface area contributed by atoms with Gasteiger partial charge in [-0.1, -0.05) is 23.7 Å². The molecule has 0 aliphatic rings. The smallest absolute Gasteiger partial charge is 0.250 e. The van der Waals surface area contributed by atoms with Crippen molar-refractivity contribution in [1.82, 2.24) is 4.98 Å². The van der Waals surface area contributed by atoms with Gasteiger partial charge in [0.2, 0.25) is 0 Å². The molecule has 0 atom stereocenters. The highest BCUT2D eigenvalue weighted by Gasteiger charge is 2.10. The maximum atomic E-state index is 11.2. The van der Waals surface area contributed by atoms with Gasteiger partial charge in [-0.15, -0.1) is 0 Å². The minimum absolute atomic E-state index is 0.407.